The molecule has 1 aliphatic carbocycles. The number of amides is 2. The van der Waals surface area contributed by atoms with Gasteiger partial charge in [0.1, 0.15) is 5.00 Å². The van der Waals surface area contributed by atoms with Gasteiger partial charge in [0.25, 0.3) is 5.91 Å². The fourth-order valence-electron chi connectivity index (χ4n) is 3.36. The fourth-order valence-corrected chi connectivity index (χ4v) is 5.13. The summed E-state index contributed by atoms with van der Waals surface area (Å²) in [4.78, 5) is 28.4. The van der Waals surface area contributed by atoms with Crippen molar-refractivity contribution in [3.05, 3.63) is 28.4 Å². The Labute approximate surface area is 161 Å². The number of hydrogen-bond acceptors (Lipinski definition) is 5. The molecule has 0 aliphatic heterocycles. The molecule has 8 heteroatoms. The lowest BCUT2D eigenvalue weighted by Gasteiger charge is -2.26. The highest BCUT2D eigenvalue weighted by Crippen LogP contribution is 2.34. The summed E-state index contributed by atoms with van der Waals surface area (Å²) >= 11 is 2.75. The molecule has 1 saturated carbocycles. The molecule has 0 radical (unpaired) electrons. The van der Waals surface area contributed by atoms with Gasteiger partial charge in [-0.2, -0.15) is 0 Å². The van der Waals surface area contributed by atoms with Crippen LogP contribution in [0.25, 0.3) is 0 Å². The van der Waals surface area contributed by atoms with Crippen LogP contribution >= 0.6 is 23.1 Å². The number of nitrogens with zero attached hydrogens (tertiary/aromatic N) is 2. The van der Waals surface area contributed by atoms with Crippen molar-refractivity contribution in [2.24, 2.45) is 5.73 Å². The van der Waals surface area contributed by atoms with Crippen molar-refractivity contribution in [1.82, 2.24) is 9.55 Å². The lowest BCUT2D eigenvalue weighted by Crippen LogP contribution is -2.19. The van der Waals surface area contributed by atoms with Crippen molar-refractivity contribution in [3.63, 3.8) is 0 Å². The highest BCUT2D eigenvalue weighted by Gasteiger charge is 2.22. The molecule has 6 nitrogen and oxygen atoms in total. The Morgan fingerprint density at radius 3 is 2.77 bits per heavy atom. The maximum absolute atomic E-state index is 12.3. The number of thiophene rings is 1. The lowest BCUT2D eigenvalue weighted by molar-refractivity contribution is -0.113. The Morgan fingerprint density at radius 2 is 2.08 bits per heavy atom. The number of thioether (sulfide) groups is 1. The van der Waals surface area contributed by atoms with Gasteiger partial charge in [-0.25, -0.2) is 4.98 Å². The Hall–Kier alpha value is -1.80. The minimum absolute atomic E-state index is 0.159. The minimum atomic E-state index is -0.534. The van der Waals surface area contributed by atoms with Gasteiger partial charge >= 0.3 is 0 Å². The maximum Gasteiger partial charge on any atom is 0.251 e. The molecule has 0 aromatic carbocycles. The monoisotopic (exact) mass is 392 g/mol. The van der Waals surface area contributed by atoms with E-state index in [0.717, 1.165) is 10.9 Å². The van der Waals surface area contributed by atoms with Crippen LogP contribution in [0.15, 0.2) is 16.6 Å². The zero-order chi connectivity index (χ0) is 18.7. The van der Waals surface area contributed by atoms with E-state index in [9.17, 15) is 9.59 Å². The second-order valence-electron chi connectivity index (χ2n) is 6.59. The van der Waals surface area contributed by atoms with Gasteiger partial charge in [0.05, 0.1) is 17.0 Å². The number of carbonyl (C=O) groups excluding carboxylic acids is 2. The van der Waals surface area contributed by atoms with Crippen LogP contribution in [-0.4, -0.2) is 27.1 Å². The SMILES string of the molecule is Cc1nc(SCC(=O)Nc2sccc2C(N)=O)n(C2CCCCC2)c1C. The van der Waals surface area contributed by atoms with Crippen LogP contribution < -0.4 is 11.1 Å². The first kappa shape index (κ1) is 19.0. The summed E-state index contributed by atoms with van der Waals surface area (Å²) in [6.45, 7) is 4.12. The summed E-state index contributed by atoms with van der Waals surface area (Å²) in [5.74, 6) is -0.444. The summed E-state index contributed by atoms with van der Waals surface area (Å²) in [5.41, 5.74) is 7.88. The van der Waals surface area contributed by atoms with Crippen LogP contribution in [0.5, 0.6) is 0 Å². The number of imidazole rings is 1. The van der Waals surface area contributed by atoms with E-state index in [4.69, 9.17) is 5.73 Å². The molecule has 0 atom stereocenters. The Bertz CT molecular complexity index is 806. The normalized spacial score (nSPS) is 15.2. The van der Waals surface area contributed by atoms with Gasteiger partial charge in [-0.3, -0.25) is 9.59 Å². The molecule has 2 aromatic heterocycles. The average molecular weight is 393 g/mol. The number of nitrogens with one attached hydrogen (secondary N) is 1. The van der Waals surface area contributed by atoms with Gasteiger partial charge < -0.3 is 15.6 Å². The van der Waals surface area contributed by atoms with Crippen molar-refractivity contribution >= 4 is 39.9 Å². The van der Waals surface area contributed by atoms with Crippen molar-refractivity contribution in [2.75, 3.05) is 11.1 Å². The first-order chi connectivity index (χ1) is 12.5. The van der Waals surface area contributed by atoms with E-state index in [-0.39, 0.29) is 11.7 Å². The number of anilines is 1. The molecule has 140 valence electrons. The second kappa shape index (κ2) is 8.26. The number of hydrogen-bond donors (Lipinski definition) is 2. The molecule has 2 aromatic rings. The zero-order valence-corrected chi connectivity index (χ0v) is 16.7. The lowest BCUT2D eigenvalue weighted by atomic mass is 9.95. The topological polar surface area (TPSA) is 90.0 Å². The van der Waals surface area contributed by atoms with Crippen LogP contribution in [0.1, 0.15) is 59.9 Å². The second-order valence-corrected chi connectivity index (χ2v) is 8.45. The number of carbonyl (C=O) groups is 2. The van der Waals surface area contributed by atoms with Gasteiger partial charge in [-0.1, -0.05) is 31.0 Å². The van der Waals surface area contributed by atoms with Crippen molar-refractivity contribution in [3.8, 4) is 0 Å². The highest BCUT2D eigenvalue weighted by atomic mass is 32.2. The molecule has 2 heterocycles. The van der Waals surface area contributed by atoms with Gasteiger partial charge in [0.2, 0.25) is 5.91 Å². The third kappa shape index (κ3) is 4.12. The molecule has 0 unspecified atom stereocenters. The number of aromatic nitrogens is 2. The average Bonchev–Trinajstić information content (AvgIpc) is 3.19. The largest absolute Gasteiger partial charge is 0.366 e. The maximum atomic E-state index is 12.3. The van der Waals surface area contributed by atoms with E-state index >= 15 is 0 Å². The molecular weight excluding hydrogens is 368 g/mol. The van der Waals surface area contributed by atoms with Crippen molar-refractivity contribution in [1.29, 1.82) is 0 Å². The van der Waals surface area contributed by atoms with Gasteiger partial charge in [0.15, 0.2) is 5.16 Å². The standard InChI is InChI=1S/C18H24N4O2S2/c1-11-12(2)22(13-6-4-3-5-7-13)18(20-11)26-10-15(23)21-17-14(16(19)24)8-9-25-17/h8-9,13H,3-7,10H2,1-2H3,(H2,19,24)(H,21,23). The van der Waals surface area contributed by atoms with Crippen LogP contribution in [-0.2, 0) is 4.79 Å². The molecule has 1 aliphatic rings. The molecule has 0 saturated heterocycles. The smallest absolute Gasteiger partial charge is 0.251 e. The Kier molecular flexibility index (Phi) is 6.03. The predicted molar refractivity (Wildman–Crippen MR) is 106 cm³/mol. The number of primary amides is 1. The molecule has 2 amide bonds. The van der Waals surface area contributed by atoms with Crippen LogP contribution in [0.4, 0.5) is 5.00 Å². The van der Waals surface area contributed by atoms with E-state index < -0.39 is 5.91 Å². The molecular formula is C18H24N4O2S2. The highest BCUT2D eigenvalue weighted by molar-refractivity contribution is 7.99. The van der Waals surface area contributed by atoms with Crippen molar-refractivity contribution in [2.45, 2.75) is 57.1 Å². The first-order valence-corrected chi connectivity index (χ1v) is 10.7. The Morgan fingerprint density at radius 1 is 1.35 bits per heavy atom. The quantitative estimate of drug-likeness (QED) is 0.730. The summed E-state index contributed by atoms with van der Waals surface area (Å²) in [5, 5.41) is 5.94. The molecule has 0 bridgehead atoms. The zero-order valence-electron chi connectivity index (χ0n) is 15.1. The summed E-state index contributed by atoms with van der Waals surface area (Å²) in [7, 11) is 0. The van der Waals surface area contributed by atoms with Gasteiger partial charge in [0, 0.05) is 11.7 Å². The van der Waals surface area contributed by atoms with Crippen LogP contribution in [0.2, 0.25) is 0 Å². The van der Waals surface area contributed by atoms with E-state index in [1.54, 1.807) is 11.4 Å². The van der Waals surface area contributed by atoms with E-state index in [0.29, 0.717) is 16.6 Å². The molecule has 3 rings (SSSR count). The molecule has 3 N–H and O–H groups in total. The van der Waals surface area contributed by atoms with Gasteiger partial charge in [-0.05, 0) is 38.1 Å². The number of aryl methyl sites for hydroxylation is 1. The summed E-state index contributed by atoms with van der Waals surface area (Å²) in [6.07, 6.45) is 6.15. The number of rotatable bonds is 6. The summed E-state index contributed by atoms with van der Waals surface area (Å²) < 4.78 is 2.31. The van der Waals surface area contributed by atoms with E-state index in [2.05, 4.69) is 21.8 Å². The fraction of sp³-hybridized carbons (Fsp3) is 0.500. The molecule has 0 spiro atoms. The van der Waals surface area contributed by atoms with E-state index in [1.807, 2.05) is 6.92 Å². The third-order valence-electron chi connectivity index (χ3n) is 4.81. The van der Waals surface area contributed by atoms with Crippen LogP contribution in [0.3, 0.4) is 0 Å². The minimum Gasteiger partial charge on any atom is -0.366 e. The first-order valence-electron chi connectivity index (χ1n) is 8.82. The molecule has 1 fully saturated rings. The van der Waals surface area contributed by atoms with E-state index in [1.165, 1.54) is 60.9 Å². The number of nitrogens with two attached hydrogens (primary N) is 1. The van der Waals surface area contributed by atoms with Crippen molar-refractivity contribution < 1.29 is 9.59 Å². The van der Waals surface area contributed by atoms with Crippen LogP contribution in [0, 0.1) is 13.8 Å². The summed E-state index contributed by atoms with van der Waals surface area (Å²) in [6, 6.07) is 2.10. The third-order valence-corrected chi connectivity index (χ3v) is 6.59. The molecule has 26 heavy (non-hydrogen) atoms. The Balaban J connectivity index is 1.67. The predicted octanol–water partition coefficient (Wildman–Crippen LogP) is 3.90. The van der Waals surface area contributed by atoms with Gasteiger partial charge in [-0.15, -0.1) is 11.3 Å².